The number of Topliss-reactive ketones (excluding diaryl/α,β-unsaturated/α-hetero) is 1. The lowest BCUT2D eigenvalue weighted by atomic mass is 9.99. The van der Waals surface area contributed by atoms with Crippen LogP contribution in [0.25, 0.3) is 16.9 Å². The second kappa shape index (κ2) is 12.5. The largest absolute Gasteiger partial charge is 0.478 e. The third-order valence-electron chi connectivity index (χ3n) is 5.35. The monoisotopic (exact) mass is 448 g/mol. The van der Waals surface area contributed by atoms with Crippen molar-refractivity contribution in [1.82, 2.24) is 9.78 Å². The minimum Gasteiger partial charge on any atom is -0.478 e. The molecule has 0 fully saturated rings. The van der Waals surface area contributed by atoms with Crippen LogP contribution in [0.5, 0.6) is 0 Å². The van der Waals surface area contributed by atoms with Gasteiger partial charge in [-0.15, -0.1) is 0 Å². The van der Waals surface area contributed by atoms with Crippen LogP contribution in [0.3, 0.4) is 0 Å². The van der Waals surface area contributed by atoms with Gasteiger partial charge in [0.15, 0.2) is 0 Å². The summed E-state index contributed by atoms with van der Waals surface area (Å²) in [5.74, 6) is -0.830. The predicted octanol–water partition coefficient (Wildman–Crippen LogP) is 5.69. The van der Waals surface area contributed by atoms with Gasteiger partial charge in [0, 0.05) is 17.9 Å². The number of aromatic carboxylic acids is 1. The van der Waals surface area contributed by atoms with Crippen LogP contribution >= 0.6 is 0 Å². The van der Waals surface area contributed by atoms with Crippen LogP contribution in [0.4, 0.5) is 0 Å². The summed E-state index contributed by atoms with van der Waals surface area (Å²) in [4.78, 5) is 32.0. The highest BCUT2D eigenvalue weighted by Crippen LogP contribution is 2.27. The molecule has 6 nitrogen and oxygen atoms in total. The average Bonchev–Trinajstić information content (AvgIpc) is 3.20. The van der Waals surface area contributed by atoms with Gasteiger partial charge in [-0.2, -0.15) is 5.10 Å². The lowest BCUT2D eigenvalue weighted by Crippen LogP contribution is -2.09. The number of benzene rings is 2. The molecule has 0 unspecified atom stereocenters. The van der Waals surface area contributed by atoms with E-state index in [0.29, 0.717) is 12.0 Å². The number of nitrogens with zero attached hydrogens (tertiary/aromatic N) is 2. The van der Waals surface area contributed by atoms with E-state index in [0.717, 1.165) is 53.8 Å². The number of aryl methyl sites for hydroxylation is 2. The molecule has 0 bridgehead atoms. The molecule has 0 aliphatic rings. The van der Waals surface area contributed by atoms with Crippen molar-refractivity contribution in [3.63, 3.8) is 0 Å². The molecule has 1 aromatic heterocycles. The van der Waals surface area contributed by atoms with Gasteiger partial charge in [0.05, 0.1) is 22.6 Å². The lowest BCUT2D eigenvalue weighted by molar-refractivity contribution is -0.123. The number of aldehydes is 1. The van der Waals surface area contributed by atoms with E-state index in [1.54, 1.807) is 12.1 Å². The van der Waals surface area contributed by atoms with Crippen LogP contribution < -0.4 is 0 Å². The molecule has 3 rings (SSSR count). The van der Waals surface area contributed by atoms with Crippen LogP contribution in [0.15, 0.2) is 54.6 Å². The van der Waals surface area contributed by atoms with Crippen LogP contribution in [0.2, 0.25) is 0 Å². The minimum atomic E-state index is -0.906. The van der Waals surface area contributed by atoms with Crippen LogP contribution in [0.1, 0.15) is 61.6 Å². The number of carbonyl (C=O) groups excluding carboxylic acids is 2. The first-order chi connectivity index (χ1) is 15.8. The van der Waals surface area contributed by atoms with E-state index in [4.69, 9.17) is 0 Å². The van der Waals surface area contributed by atoms with Gasteiger partial charge in [-0.05, 0) is 68.7 Å². The molecule has 0 aliphatic heterocycles. The Balaban J connectivity index is 0.000000365. The first kappa shape index (κ1) is 25.7. The molecule has 0 saturated carbocycles. The molecular formula is C27H32N2O4. The van der Waals surface area contributed by atoms with Crippen molar-refractivity contribution in [3.05, 3.63) is 71.4 Å². The summed E-state index contributed by atoms with van der Waals surface area (Å²) in [7, 11) is 0. The van der Waals surface area contributed by atoms with Gasteiger partial charge < -0.3 is 9.90 Å². The molecule has 1 heterocycles. The lowest BCUT2D eigenvalue weighted by Gasteiger charge is -2.10. The fourth-order valence-corrected chi connectivity index (χ4v) is 3.60. The number of hydrogen-bond donors (Lipinski definition) is 1. The summed E-state index contributed by atoms with van der Waals surface area (Å²) in [6, 6.07) is 17.4. The van der Waals surface area contributed by atoms with E-state index in [1.165, 1.54) is 6.92 Å². The van der Waals surface area contributed by atoms with Gasteiger partial charge in [-0.3, -0.25) is 4.79 Å². The Bertz CT molecular complexity index is 1090. The molecule has 0 radical (unpaired) electrons. The number of aromatic nitrogens is 2. The molecule has 33 heavy (non-hydrogen) atoms. The van der Waals surface area contributed by atoms with Gasteiger partial charge in [-0.25, -0.2) is 9.48 Å². The molecule has 6 heteroatoms. The van der Waals surface area contributed by atoms with Crippen molar-refractivity contribution in [2.24, 2.45) is 5.92 Å². The Morgan fingerprint density at radius 1 is 1.09 bits per heavy atom. The summed E-state index contributed by atoms with van der Waals surface area (Å²) in [5.41, 5.74) is 4.98. The van der Waals surface area contributed by atoms with Crippen molar-refractivity contribution in [2.75, 3.05) is 0 Å². The highest BCUT2D eigenvalue weighted by atomic mass is 16.4. The van der Waals surface area contributed by atoms with Crippen molar-refractivity contribution >= 4 is 18.0 Å². The Labute approximate surface area is 195 Å². The average molecular weight is 449 g/mol. The van der Waals surface area contributed by atoms with Gasteiger partial charge in [0.2, 0.25) is 0 Å². The first-order valence-electron chi connectivity index (χ1n) is 11.2. The van der Waals surface area contributed by atoms with Crippen LogP contribution in [-0.4, -0.2) is 32.9 Å². The SMILES string of the molecule is CCCc1cc(C(=O)O)cc(-c2cc(C)nn2-c2ccccc2)c1.CC[C@@H](CC=O)C(C)=O. The van der Waals surface area contributed by atoms with E-state index in [9.17, 15) is 19.5 Å². The minimum absolute atomic E-state index is 0.0394. The Morgan fingerprint density at radius 2 is 1.79 bits per heavy atom. The quantitative estimate of drug-likeness (QED) is 0.425. The zero-order valence-corrected chi connectivity index (χ0v) is 19.7. The fourth-order valence-electron chi connectivity index (χ4n) is 3.60. The summed E-state index contributed by atoms with van der Waals surface area (Å²) < 4.78 is 1.87. The summed E-state index contributed by atoms with van der Waals surface area (Å²) in [6.45, 7) is 7.47. The number of rotatable bonds is 9. The molecule has 0 aliphatic carbocycles. The maximum absolute atomic E-state index is 11.5. The Hall–Kier alpha value is -3.54. The van der Waals surface area contributed by atoms with E-state index in [-0.39, 0.29) is 11.7 Å². The summed E-state index contributed by atoms with van der Waals surface area (Å²) in [5, 5.41) is 14.0. The molecule has 0 amide bonds. The number of carboxylic acids is 1. The highest BCUT2D eigenvalue weighted by Gasteiger charge is 2.14. The zero-order chi connectivity index (χ0) is 24.4. The molecular weight excluding hydrogens is 416 g/mol. The topological polar surface area (TPSA) is 89.3 Å². The standard InChI is InChI=1S/C20H20N2O2.C7H12O2/c1-3-7-15-11-16(13-17(12-15)20(23)24)19-10-14(2)21-22(19)18-8-5-4-6-9-18;1-3-7(4-5-8)6(2)9/h4-6,8-13H,3,7H2,1-2H3,(H,23,24);5,7H,3-4H2,1-2H3/t;7-/m.0/s1. The molecule has 1 N–H and O–H groups in total. The number of para-hydroxylation sites is 1. The van der Waals surface area contributed by atoms with E-state index >= 15 is 0 Å². The smallest absolute Gasteiger partial charge is 0.335 e. The van der Waals surface area contributed by atoms with Crippen molar-refractivity contribution in [2.45, 2.75) is 53.4 Å². The maximum atomic E-state index is 11.5. The molecule has 1 atom stereocenters. The van der Waals surface area contributed by atoms with Crippen LogP contribution in [-0.2, 0) is 16.0 Å². The number of carboxylic acid groups (broad SMARTS) is 1. The van der Waals surface area contributed by atoms with E-state index < -0.39 is 5.97 Å². The third-order valence-corrected chi connectivity index (χ3v) is 5.35. The fraction of sp³-hybridized carbons (Fsp3) is 0.333. The Kier molecular flexibility index (Phi) is 9.73. The number of hydrogen-bond acceptors (Lipinski definition) is 4. The van der Waals surface area contributed by atoms with Crippen molar-refractivity contribution in [1.29, 1.82) is 0 Å². The summed E-state index contributed by atoms with van der Waals surface area (Å²) >= 11 is 0. The van der Waals surface area contributed by atoms with E-state index in [2.05, 4.69) is 18.1 Å². The second-order valence-electron chi connectivity index (χ2n) is 8.01. The third kappa shape index (κ3) is 7.24. The highest BCUT2D eigenvalue weighted by molar-refractivity contribution is 5.89. The van der Waals surface area contributed by atoms with Gasteiger partial charge >= 0.3 is 5.97 Å². The van der Waals surface area contributed by atoms with Gasteiger partial charge in [0.25, 0.3) is 0 Å². The molecule has 174 valence electrons. The Morgan fingerprint density at radius 3 is 2.30 bits per heavy atom. The molecule has 2 aromatic carbocycles. The molecule has 3 aromatic rings. The second-order valence-corrected chi connectivity index (χ2v) is 8.01. The molecule has 0 saturated heterocycles. The number of ketones is 1. The molecule has 0 spiro atoms. The van der Waals surface area contributed by atoms with Crippen molar-refractivity contribution < 1.29 is 19.5 Å². The van der Waals surface area contributed by atoms with E-state index in [1.807, 2.05) is 54.9 Å². The van der Waals surface area contributed by atoms with Gasteiger partial charge in [0.1, 0.15) is 12.1 Å². The zero-order valence-electron chi connectivity index (χ0n) is 19.7. The normalized spacial score (nSPS) is 11.3. The summed E-state index contributed by atoms with van der Waals surface area (Å²) in [6.07, 6.45) is 3.78. The number of carbonyl (C=O) groups is 3. The van der Waals surface area contributed by atoms with Crippen LogP contribution in [0, 0.1) is 12.8 Å². The maximum Gasteiger partial charge on any atom is 0.335 e. The predicted molar refractivity (Wildman–Crippen MR) is 130 cm³/mol. The first-order valence-corrected chi connectivity index (χ1v) is 11.2. The van der Waals surface area contributed by atoms with Crippen molar-refractivity contribution in [3.8, 4) is 16.9 Å². The van der Waals surface area contributed by atoms with Gasteiger partial charge in [-0.1, -0.05) is 38.5 Å².